The van der Waals surface area contributed by atoms with E-state index in [4.69, 9.17) is 11.6 Å². The molecule has 0 aliphatic carbocycles. The summed E-state index contributed by atoms with van der Waals surface area (Å²) in [6, 6.07) is 12.6. The first-order valence-corrected chi connectivity index (χ1v) is 7.73. The minimum absolute atomic E-state index is 0.425. The third-order valence-electron chi connectivity index (χ3n) is 3.90. The highest BCUT2D eigenvalue weighted by Gasteiger charge is 2.11. The molecule has 0 saturated carbocycles. The summed E-state index contributed by atoms with van der Waals surface area (Å²) >= 11 is 6.03. The normalized spacial score (nSPS) is 12.7. The van der Waals surface area contributed by atoms with E-state index in [9.17, 15) is 0 Å². The summed E-state index contributed by atoms with van der Waals surface area (Å²) in [6.45, 7) is 3.18. The predicted octanol–water partition coefficient (Wildman–Crippen LogP) is 4.36. The zero-order valence-corrected chi connectivity index (χ0v) is 12.8. The molecule has 0 aliphatic heterocycles. The molecule has 0 bridgehead atoms. The maximum atomic E-state index is 6.03. The van der Waals surface area contributed by atoms with Crippen LogP contribution in [0.15, 0.2) is 48.8 Å². The van der Waals surface area contributed by atoms with Gasteiger partial charge < -0.3 is 4.57 Å². The smallest absolute Gasteiger partial charge is 0.124 e. The molecule has 3 nitrogen and oxygen atoms in total. The van der Waals surface area contributed by atoms with Crippen molar-refractivity contribution in [3.05, 3.63) is 60.2 Å². The Bertz CT molecular complexity index is 721. The first kappa shape index (κ1) is 14.1. The molecule has 21 heavy (non-hydrogen) atoms. The summed E-state index contributed by atoms with van der Waals surface area (Å²) in [5.41, 5.74) is 3.40. The van der Waals surface area contributed by atoms with Crippen molar-refractivity contribution in [3.8, 4) is 0 Å². The van der Waals surface area contributed by atoms with Crippen LogP contribution in [0.25, 0.3) is 11.0 Å². The van der Waals surface area contributed by atoms with Crippen molar-refractivity contribution in [3.63, 3.8) is 0 Å². The number of halogens is 1. The lowest BCUT2D eigenvalue weighted by molar-refractivity contribution is 0.575. The highest BCUT2D eigenvalue weighted by Crippen LogP contribution is 2.22. The Labute approximate surface area is 129 Å². The molecule has 0 N–H and O–H groups in total. The molecule has 108 valence electrons. The average molecular weight is 300 g/mol. The lowest BCUT2D eigenvalue weighted by atomic mass is 9.98. The highest BCUT2D eigenvalue weighted by atomic mass is 35.5. The van der Waals surface area contributed by atoms with Crippen molar-refractivity contribution in [1.82, 2.24) is 14.5 Å². The van der Waals surface area contributed by atoms with Crippen LogP contribution in [-0.4, -0.2) is 14.5 Å². The molecule has 3 aromatic rings. The SMILES string of the molecule is CC(CCn1c(CCl)nc2cnccc21)c1ccccc1. The van der Waals surface area contributed by atoms with E-state index in [1.165, 1.54) is 5.56 Å². The summed E-state index contributed by atoms with van der Waals surface area (Å²) in [6.07, 6.45) is 4.66. The molecule has 2 aromatic heterocycles. The molecular formula is C17H18ClN3. The van der Waals surface area contributed by atoms with Crippen LogP contribution < -0.4 is 0 Å². The van der Waals surface area contributed by atoms with E-state index in [2.05, 4.69) is 51.8 Å². The minimum Gasteiger partial charge on any atom is -0.327 e. The topological polar surface area (TPSA) is 30.7 Å². The van der Waals surface area contributed by atoms with E-state index in [0.29, 0.717) is 11.8 Å². The number of aryl methyl sites for hydroxylation is 1. The lowest BCUT2D eigenvalue weighted by Gasteiger charge is -2.14. The van der Waals surface area contributed by atoms with Crippen molar-refractivity contribution in [1.29, 1.82) is 0 Å². The fourth-order valence-corrected chi connectivity index (χ4v) is 2.86. The molecule has 0 saturated heterocycles. The van der Waals surface area contributed by atoms with Gasteiger partial charge in [0.1, 0.15) is 11.3 Å². The van der Waals surface area contributed by atoms with E-state index in [1.807, 2.05) is 6.07 Å². The van der Waals surface area contributed by atoms with Crippen LogP contribution in [0.1, 0.15) is 30.7 Å². The van der Waals surface area contributed by atoms with Crippen LogP contribution >= 0.6 is 11.6 Å². The predicted molar refractivity (Wildman–Crippen MR) is 86.6 cm³/mol. The third-order valence-corrected chi connectivity index (χ3v) is 4.14. The number of aromatic nitrogens is 3. The summed E-state index contributed by atoms with van der Waals surface area (Å²) in [7, 11) is 0. The molecule has 0 fully saturated rings. The molecule has 1 aromatic carbocycles. The van der Waals surface area contributed by atoms with Gasteiger partial charge in [0.05, 0.1) is 17.6 Å². The van der Waals surface area contributed by atoms with Crippen LogP contribution in [-0.2, 0) is 12.4 Å². The van der Waals surface area contributed by atoms with E-state index in [0.717, 1.165) is 29.8 Å². The van der Waals surface area contributed by atoms with Crippen molar-refractivity contribution >= 4 is 22.6 Å². The van der Waals surface area contributed by atoms with Gasteiger partial charge in [0.2, 0.25) is 0 Å². The third kappa shape index (κ3) is 2.93. The molecule has 1 atom stereocenters. The molecule has 0 spiro atoms. The van der Waals surface area contributed by atoms with Crippen LogP contribution in [0.3, 0.4) is 0 Å². The first-order valence-electron chi connectivity index (χ1n) is 7.19. The Hall–Kier alpha value is -1.87. The van der Waals surface area contributed by atoms with Gasteiger partial charge in [-0.3, -0.25) is 4.98 Å². The number of imidazole rings is 1. The second-order valence-corrected chi connectivity index (χ2v) is 5.55. The molecule has 2 heterocycles. The Balaban J connectivity index is 1.82. The number of fused-ring (bicyclic) bond motifs is 1. The van der Waals surface area contributed by atoms with Gasteiger partial charge in [-0.15, -0.1) is 11.6 Å². The maximum absolute atomic E-state index is 6.03. The maximum Gasteiger partial charge on any atom is 0.124 e. The fourth-order valence-electron chi connectivity index (χ4n) is 2.65. The summed E-state index contributed by atoms with van der Waals surface area (Å²) < 4.78 is 2.21. The Kier molecular flexibility index (Phi) is 4.20. The number of benzene rings is 1. The Morgan fingerprint density at radius 3 is 2.76 bits per heavy atom. The van der Waals surface area contributed by atoms with Crippen molar-refractivity contribution in [2.75, 3.05) is 0 Å². The molecule has 3 rings (SSSR count). The lowest BCUT2D eigenvalue weighted by Crippen LogP contribution is -2.06. The van der Waals surface area contributed by atoms with E-state index in [1.54, 1.807) is 12.4 Å². The van der Waals surface area contributed by atoms with Crippen molar-refractivity contribution in [2.45, 2.75) is 31.7 Å². The molecule has 0 amide bonds. The summed E-state index contributed by atoms with van der Waals surface area (Å²) in [5.74, 6) is 1.85. The highest BCUT2D eigenvalue weighted by molar-refractivity contribution is 6.16. The van der Waals surface area contributed by atoms with E-state index >= 15 is 0 Å². The number of hydrogen-bond donors (Lipinski definition) is 0. The van der Waals surface area contributed by atoms with Gasteiger partial charge in [-0.25, -0.2) is 4.98 Å². The monoisotopic (exact) mass is 299 g/mol. The second-order valence-electron chi connectivity index (χ2n) is 5.28. The second kappa shape index (κ2) is 6.27. The molecule has 1 unspecified atom stereocenters. The van der Waals surface area contributed by atoms with Gasteiger partial charge in [-0.05, 0) is 24.0 Å². The Morgan fingerprint density at radius 1 is 1.19 bits per heavy atom. The fraction of sp³-hybridized carbons (Fsp3) is 0.294. The quantitative estimate of drug-likeness (QED) is 0.655. The first-order chi connectivity index (χ1) is 10.3. The number of alkyl halides is 1. The van der Waals surface area contributed by atoms with Gasteiger partial charge in [0, 0.05) is 12.7 Å². The number of nitrogens with zero attached hydrogens (tertiary/aromatic N) is 3. The zero-order chi connectivity index (χ0) is 14.7. The van der Waals surface area contributed by atoms with Crippen LogP contribution in [0.2, 0.25) is 0 Å². The number of hydrogen-bond acceptors (Lipinski definition) is 2. The van der Waals surface area contributed by atoms with Crippen LogP contribution in [0.5, 0.6) is 0 Å². The summed E-state index contributed by atoms with van der Waals surface area (Å²) in [4.78, 5) is 8.68. The standard InChI is InChI=1S/C17H18ClN3/c1-13(14-5-3-2-4-6-14)8-10-21-16-7-9-19-12-15(16)20-17(21)11-18/h2-7,9,12-13H,8,10-11H2,1H3. The van der Waals surface area contributed by atoms with Crippen molar-refractivity contribution in [2.24, 2.45) is 0 Å². The van der Waals surface area contributed by atoms with Gasteiger partial charge in [0.15, 0.2) is 0 Å². The van der Waals surface area contributed by atoms with Crippen LogP contribution in [0.4, 0.5) is 0 Å². The number of pyridine rings is 1. The van der Waals surface area contributed by atoms with Gasteiger partial charge in [-0.2, -0.15) is 0 Å². The van der Waals surface area contributed by atoms with Crippen LogP contribution in [0, 0.1) is 0 Å². The van der Waals surface area contributed by atoms with Gasteiger partial charge in [0.25, 0.3) is 0 Å². The molecule has 4 heteroatoms. The Morgan fingerprint density at radius 2 is 2.00 bits per heavy atom. The van der Waals surface area contributed by atoms with E-state index < -0.39 is 0 Å². The average Bonchev–Trinajstić information content (AvgIpc) is 2.91. The van der Waals surface area contributed by atoms with Crippen molar-refractivity contribution < 1.29 is 0 Å². The molecular weight excluding hydrogens is 282 g/mol. The van der Waals surface area contributed by atoms with Gasteiger partial charge in [-0.1, -0.05) is 37.3 Å². The summed E-state index contributed by atoms with van der Waals surface area (Å²) in [5, 5.41) is 0. The largest absolute Gasteiger partial charge is 0.327 e. The molecule has 0 radical (unpaired) electrons. The number of rotatable bonds is 5. The molecule has 0 aliphatic rings. The van der Waals surface area contributed by atoms with Gasteiger partial charge >= 0.3 is 0 Å². The minimum atomic E-state index is 0.425. The zero-order valence-electron chi connectivity index (χ0n) is 12.0. The van der Waals surface area contributed by atoms with E-state index in [-0.39, 0.29) is 0 Å².